The van der Waals surface area contributed by atoms with Crippen molar-refractivity contribution < 1.29 is 14.4 Å². The minimum absolute atomic E-state index is 0.0996. The van der Waals surface area contributed by atoms with Gasteiger partial charge in [0, 0.05) is 26.5 Å². The fraction of sp³-hybridized carbons (Fsp3) is 0.643. The van der Waals surface area contributed by atoms with Crippen molar-refractivity contribution >= 4 is 5.82 Å². The van der Waals surface area contributed by atoms with Crippen molar-refractivity contribution in [1.29, 1.82) is 0 Å². The van der Waals surface area contributed by atoms with Crippen LogP contribution >= 0.6 is 0 Å². The molecule has 0 aromatic carbocycles. The van der Waals surface area contributed by atoms with Crippen LogP contribution in [-0.2, 0) is 4.74 Å². The standard InChI is InChI=1S/C14H21N3O4/c1-4-7-15-10-8-12(13(10)20-3)21-11-6-5-9(2)16-14(11)17(18)19/h5-6,10,12-13,15H,4,7-8H2,1-3H3. The minimum Gasteiger partial charge on any atom is -0.479 e. The van der Waals surface area contributed by atoms with Crippen LogP contribution in [0.5, 0.6) is 5.75 Å². The van der Waals surface area contributed by atoms with Crippen molar-refractivity contribution in [2.45, 2.75) is 44.9 Å². The maximum absolute atomic E-state index is 11.0. The number of hydrogen-bond donors (Lipinski definition) is 1. The molecular weight excluding hydrogens is 274 g/mol. The molecule has 2 rings (SSSR count). The first-order chi connectivity index (χ1) is 10.1. The predicted molar refractivity (Wildman–Crippen MR) is 77.5 cm³/mol. The second-order valence-corrected chi connectivity index (χ2v) is 5.18. The highest BCUT2D eigenvalue weighted by atomic mass is 16.6. The van der Waals surface area contributed by atoms with Gasteiger partial charge in [-0.25, -0.2) is 0 Å². The van der Waals surface area contributed by atoms with Gasteiger partial charge in [-0.1, -0.05) is 6.92 Å². The Morgan fingerprint density at radius 1 is 1.52 bits per heavy atom. The van der Waals surface area contributed by atoms with Crippen LogP contribution in [0.25, 0.3) is 0 Å². The average molecular weight is 295 g/mol. The quantitative estimate of drug-likeness (QED) is 0.610. The number of methoxy groups -OCH3 is 1. The highest BCUT2D eigenvalue weighted by Crippen LogP contribution is 2.32. The van der Waals surface area contributed by atoms with Gasteiger partial charge in [0.15, 0.2) is 0 Å². The second kappa shape index (κ2) is 6.82. The summed E-state index contributed by atoms with van der Waals surface area (Å²) in [6.07, 6.45) is 1.53. The molecule has 7 nitrogen and oxygen atoms in total. The van der Waals surface area contributed by atoms with E-state index in [9.17, 15) is 10.1 Å². The van der Waals surface area contributed by atoms with Crippen molar-refractivity contribution in [2.75, 3.05) is 13.7 Å². The molecule has 1 saturated carbocycles. The monoisotopic (exact) mass is 295 g/mol. The molecular formula is C14H21N3O4. The second-order valence-electron chi connectivity index (χ2n) is 5.18. The highest BCUT2D eigenvalue weighted by molar-refractivity contribution is 5.40. The summed E-state index contributed by atoms with van der Waals surface area (Å²) in [4.78, 5) is 14.4. The number of nitrogens with one attached hydrogen (secondary N) is 1. The Morgan fingerprint density at radius 3 is 2.90 bits per heavy atom. The van der Waals surface area contributed by atoms with E-state index in [-0.39, 0.29) is 29.8 Å². The lowest BCUT2D eigenvalue weighted by Crippen LogP contribution is -2.61. The summed E-state index contributed by atoms with van der Waals surface area (Å²) in [5.74, 6) is -0.0404. The first kappa shape index (κ1) is 15.7. The van der Waals surface area contributed by atoms with E-state index in [0.29, 0.717) is 5.69 Å². The molecule has 7 heteroatoms. The van der Waals surface area contributed by atoms with Gasteiger partial charge >= 0.3 is 5.82 Å². The Labute approximate surface area is 123 Å². The summed E-state index contributed by atoms with van der Waals surface area (Å²) in [6.45, 7) is 4.73. The van der Waals surface area contributed by atoms with Crippen LogP contribution in [0.2, 0.25) is 0 Å². The van der Waals surface area contributed by atoms with E-state index >= 15 is 0 Å². The van der Waals surface area contributed by atoms with Crippen LogP contribution in [-0.4, -0.2) is 41.8 Å². The Bertz CT molecular complexity index is 509. The van der Waals surface area contributed by atoms with Gasteiger partial charge < -0.3 is 24.9 Å². The van der Waals surface area contributed by atoms with Crippen molar-refractivity contribution in [2.24, 2.45) is 0 Å². The van der Waals surface area contributed by atoms with Gasteiger partial charge in [0.2, 0.25) is 5.75 Å². The number of aryl methyl sites for hydroxylation is 1. The number of nitrogens with zero attached hydrogens (tertiary/aromatic N) is 2. The van der Waals surface area contributed by atoms with Crippen LogP contribution in [0.3, 0.4) is 0 Å². The zero-order valence-electron chi connectivity index (χ0n) is 12.5. The molecule has 0 radical (unpaired) electrons. The zero-order valence-corrected chi connectivity index (χ0v) is 12.5. The molecule has 21 heavy (non-hydrogen) atoms. The summed E-state index contributed by atoms with van der Waals surface area (Å²) in [7, 11) is 1.63. The Morgan fingerprint density at radius 2 is 2.29 bits per heavy atom. The maximum atomic E-state index is 11.0. The third kappa shape index (κ3) is 3.48. The van der Waals surface area contributed by atoms with Gasteiger partial charge in [-0.05, 0) is 35.0 Å². The van der Waals surface area contributed by atoms with Gasteiger partial charge in [0.05, 0.1) is 0 Å². The first-order valence-electron chi connectivity index (χ1n) is 7.11. The molecule has 1 aliphatic carbocycles. The molecule has 0 saturated heterocycles. The molecule has 0 bridgehead atoms. The van der Waals surface area contributed by atoms with E-state index in [4.69, 9.17) is 9.47 Å². The Kier molecular flexibility index (Phi) is 5.08. The number of pyridine rings is 1. The van der Waals surface area contributed by atoms with Crippen molar-refractivity contribution in [3.05, 3.63) is 27.9 Å². The molecule has 116 valence electrons. The van der Waals surface area contributed by atoms with Gasteiger partial charge in [0.25, 0.3) is 0 Å². The Hall–Kier alpha value is -1.73. The summed E-state index contributed by atoms with van der Waals surface area (Å²) in [6, 6.07) is 3.53. The summed E-state index contributed by atoms with van der Waals surface area (Å²) in [5, 5.41) is 14.4. The summed E-state index contributed by atoms with van der Waals surface area (Å²) in [5.41, 5.74) is 0.591. The number of rotatable bonds is 7. The minimum atomic E-state index is -0.518. The summed E-state index contributed by atoms with van der Waals surface area (Å²) >= 11 is 0. The van der Waals surface area contributed by atoms with Crippen LogP contribution in [0.15, 0.2) is 12.1 Å². The molecule has 3 atom stereocenters. The lowest BCUT2D eigenvalue weighted by molar-refractivity contribution is -0.391. The van der Waals surface area contributed by atoms with E-state index in [2.05, 4.69) is 17.2 Å². The molecule has 0 amide bonds. The number of aromatic nitrogens is 1. The molecule has 0 aliphatic heterocycles. The van der Waals surface area contributed by atoms with Crippen LogP contribution in [0.1, 0.15) is 25.5 Å². The fourth-order valence-electron chi connectivity index (χ4n) is 2.46. The van der Waals surface area contributed by atoms with E-state index in [1.807, 2.05) is 0 Å². The maximum Gasteiger partial charge on any atom is 0.406 e. The number of ether oxygens (including phenoxy) is 2. The molecule has 1 fully saturated rings. The predicted octanol–water partition coefficient (Wildman–Crippen LogP) is 1.83. The number of nitro groups is 1. The van der Waals surface area contributed by atoms with Crippen molar-refractivity contribution in [3.8, 4) is 5.75 Å². The Balaban J connectivity index is 2.04. The third-order valence-corrected chi connectivity index (χ3v) is 3.61. The van der Waals surface area contributed by atoms with Gasteiger partial charge in [0.1, 0.15) is 17.9 Å². The smallest absolute Gasteiger partial charge is 0.406 e. The largest absolute Gasteiger partial charge is 0.479 e. The first-order valence-corrected chi connectivity index (χ1v) is 7.11. The molecule has 1 heterocycles. The van der Waals surface area contributed by atoms with E-state index < -0.39 is 4.92 Å². The molecule has 1 aromatic heterocycles. The molecule has 1 aliphatic rings. The zero-order chi connectivity index (χ0) is 15.4. The van der Waals surface area contributed by atoms with E-state index in [0.717, 1.165) is 19.4 Å². The van der Waals surface area contributed by atoms with Crippen molar-refractivity contribution in [3.63, 3.8) is 0 Å². The normalized spacial score (nSPS) is 24.4. The van der Waals surface area contributed by atoms with Gasteiger partial charge in [-0.3, -0.25) is 0 Å². The topological polar surface area (TPSA) is 86.5 Å². The lowest BCUT2D eigenvalue weighted by atomic mass is 9.85. The average Bonchev–Trinajstić information content (AvgIpc) is 2.43. The van der Waals surface area contributed by atoms with Crippen LogP contribution < -0.4 is 10.1 Å². The highest BCUT2D eigenvalue weighted by Gasteiger charge is 2.43. The summed E-state index contributed by atoms with van der Waals surface area (Å²) < 4.78 is 11.2. The van der Waals surface area contributed by atoms with E-state index in [1.165, 1.54) is 0 Å². The number of hydrogen-bond acceptors (Lipinski definition) is 6. The van der Waals surface area contributed by atoms with E-state index in [1.54, 1.807) is 26.2 Å². The van der Waals surface area contributed by atoms with Crippen LogP contribution in [0, 0.1) is 17.0 Å². The molecule has 3 unspecified atom stereocenters. The fourth-order valence-corrected chi connectivity index (χ4v) is 2.46. The third-order valence-electron chi connectivity index (χ3n) is 3.61. The SMILES string of the molecule is CCCNC1CC(Oc2ccc(C)nc2[N+](=O)[O-])C1OC. The molecule has 1 N–H and O–H groups in total. The lowest BCUT2D eigenvalue weighted by Gasteiger charge is -2.43. The van der Waals surface area contributed by atoms with Gasteiger partial charge in [-0.15, -0.1) is 0 Å². The molecule has 0 spiro atoms. The van der Waals surface area contributed by atoms with Crippen LogP contribution in [0.4, 0.5) is 5.82 Å². The molecule has 1 aromatic rings. The van der Waals surface area contributed by atoms with Gasteiger partial charge in [-0.2, -0.15) is 0 Å². The van der Waals surface area contributed by atoms with Crippen molar-refractivity contribution in [1.82, 2.24) is 10.3 Å².